The number of carboxylic acid groups (broad SMARTS) is 2. The van der Waals surface area contributed by atoms with E-state index in [0.29, 0.717) is 11.5 Å². The molecule has 37 heavy (non-hydrogen) atoms. The molecule has 4 aromatic carbocycles. The van der Waals surface area contributed by atoms with E-state index < -0.39 is 23.8 Å². The number of carboxylic acids is 2. The monoisotopic (exact) mass is 526 g/mol. The largest absolute Gasteiger partial charge is 2.00 e. The smallest absolute Gasteiger partial charge is 1.00 e. The van der Waals surface area contributed by atoms with Crippen molar-refractivity contribution in [2.24, 2.45) is 0 Å². The molecule has 0 amide bonds. The number of carbonyl (C=O) groups is 2. The molecule has 2 atom stereocenters. The van der Waals surface area contributed by atoms with Gasteiger partial charge in [-0.15, -0.1) is 0 Å². The van der Waals surface area contributed by atoms with Crippen molar-refractivity contribution < 1.29 is 32.1 Å². The van der Waals surface area contributed by atoms with Gasteiger partial charge in [-0.25, -0.2) is 0 Å². The predicted molar refractivity (Wildman–Crippen MR) is 146 cm³/mol. The minimum atomic E-state index is -0.841. The summed E-state index contributed by atoms with van der Waals surface area (Å²) >= 11 is 0. The van der Waals surface area contributed by atoms with Crippen LogP contribution in [0.15, 0.2) is 109 Å². The molecular formula is C30H30CaO6. The normalized spacial score (nSPS) is 11.5. The topological polar surface area (TPSA) is 93.1 Å². The first-order chi connectivity index (χ1) is 17.3. The molecule has 4 rings (SSSR count). The molecule has 188 valence electrons. The second kappa shape index (κ2) is 15.1. The van der Waals surface area contributed by atoms with Crippen molar-refractivity contribution >= 4 is 49.7 Å². The Bertz CT molecular complexity index is 1190. The van der Waals surface area contributed by atoms with E-state index in [0.717, 1.165) is 22.6 Å². The van der Waals surface area contributed by atoms with Crippen LogP contribution >= 0.6 is 0 Å². The molecule has 6 nitrogen and oxygen atoms in total. The summed E-state index contributed by atoms with van der Waals surface area (Å²) in [6.07, 6.45) is 0. The number of para-hydroxylation sites is 2. The van der Waals surface area contributed by atoms with Crippen molar-refractivity contribution in [3.05, 3.63) is 120 Å². The van der Waals surface area contributed by atoms with Crippen LogP contribution in [0.1, 0.15) is 39.7 Å². The van der Waals surface area contributed by atoms with Crippen molar-refractivity contribution in [2.75, 3.05) is 0 Å². The fourth-order valence-electron chi connectivity index (χ4n) is 3.23. The van der Waals surface area contributed by atoms with Crippen molar-refractivity contribution in [3.63, 3.8) is 0 Å². The van der Waals surface area contributed by atoms with Gasteiger partial charge in [-0.2, -0.15) is 0 Å². The summed E-state index contributed by atoms with van der Waals surface area (Å²) < 4.78 is 11.3. The Balaban J connectivity index is 0.000000688. The van der Waals surface area contributed by atoms with Crippen LogP contribution in [0.25, 0.3) is 0 Å². The zero-order chi connectivity index (χ0) is 25.9. The first kappa shape index (κ1) is 29.9. The van der Waals surface area contributed by atoms with E-state index in [1.807, 2.05) is 72.8 Å². The standard InChI is InChI=1S/2C15H14O3.Ca.2H/c2*1-11(15(16)17)12-6-5-9-14(10-12)18-13-7-3-2-4-8-13;;;/h2*2-11H,1H3,(H,16,17);;;/q;;+2;2*-1. The average Bonchev–Trinajstić information content (AvgIpc) is 2.89. The Kier molecular flexibility index (Phi) is 12.2. The molecule has 0 saturated carbocycles. The van der Waals surface area contributed by atoms with Gasteiger partial charge in [0.2, 0.25) is 0 Å². The van der Waals surface area contributed by atoms with Gasteiger partial charge in [-0.1, -0.05) is 60.7 Å². The summed E-state index contributed by atoms with van der Waals surface area (Å²) in [4.78, 5) is 21.9. The van der Waals surface area contributed by atoms with Crippen molar-refractivity contribution in [1.82, 2.24) is 0 Å². The van der Waals surface area contributed by atoms with Gasteiger partial charge in [0.25, 0.3) is 0 Å². The summed E-state index contributed by atoms with van der Waals surface area (Å²) in [7, 11) is 0. The number of hydrogen-bond donors (Lipinski definition) is 2. The maximum Gasteiger partial charge on any atom is 2.00 e. The van der Waals surface area contributed by atoms with Crippen LogP contribution in [0.4, 0.5) is 0 Å². The van der Waals surface area contributed by atoms with E-state index in [4.69, 9.17) is 19.7 Å². The molecule has 0 aliphatic heterocycles. The Hall–Kier alpha value is -3.32. The summed E-state index contributed by atoms with van der Waals surface area (Å²) in [6.45, 7) is 3.31. The van der Waals surface area contributed by atoms with Gasteiger partial charge in [0, 0.05) is 0 Å². The van der Waals surface area contributed by atoms with Gasteiger partial charge in [0.05, 0.1) is 11.8 Å². The van der Waals surface area contributed by atoms with Gasteiger partial charge in [-0.3, -0.25) is 9.59 Å². The Morgan fingerprint density at radius 1 is 0.568 bits per heavy atom. The van der Waals surface area contributed by atoms with E-state index in [9.17, 15) is 9.59 Å². The number of benzene rings is 4. The number of rotatable bonds is 8. The van der Waals surface area contributed by atoms with Gasteiger partial charge in [-0.05, 0) is 73.5 Å². The predicted octanol–water partition coefficient (Wildman–Crippen LogP) is 7.18. The van der Waals surface area contributed by atoms with E-state index in [-0.39, 0.29) is 40.6 Å². The second-order valence-electron chi connectivity index (χ2n) is 8.10. The molecular weight excluding hydrogens is 496 g/mol. The Morgan fingerprint density at radius 3 is 1.22 bits per heavy atom. The van der Waals surface area contributed by atoms with Crippen LogP contribution in [-0.2, 0) is 9.59 Å². The molecule has 0 bridgehead atoms. The summed E-state index contributed by atoms with van der Waals surface area (Å²) in [5.74, 6) is 0.00113. The molecule has 0 fully saturated rings. The molecule has 0 heterocycles. The molecule has 0 spiro atoms. The summed E-state index contributed by atoms with van der Waals surface area (Å²) in [5, 5.41) is 18.0. The van der Waals surface area contributed by atoms with E-state index >= 15 is 0 Å². The third kappa shape index (κ3) is 9.57. The zero-order valence-electron chi connectivity index (χ0n) is 22.8. The Labute approximate surface area is 249 Å². The molecule has 0 saturated heterocycles. The van der Waals surface area contributed by atoms with Crippen LogP contribution in [0.3, 0.4) is 0 Å². The number of ether oxygens (including phenoxy) is 2. The molecule has 0 aliphatic carbocycles. The van der Waals surface area contributed by atoms with E-state index in [2.05, 4.69) is 0 Å². The van der Waals surface area contributed by atoms with E-state index in [1.165, 1.54) is 0 Å². The number of hydrogen-bond acceptors (Lipinski definition) is 4. The molecule has 0 radical (unpaired) electrons. The van der Waals surface area contributed by atoms with Gasteiger partial charge < -0.3 is 22.5 Å². The van der Waals surface area contributed by atoms with Crippen LogP contribution < -0.4 is 9.47 Å². The van der Waals surface area contributed by atoms with E-state index in [1.54, 1.807) is 50.2 Å². The summed E-state index contributed by atoms with van der Waals surface area (Å²) in [5.41, 5.74) is 1.46. The molecule has 4 aromatic rings. The second-order valence-corrected chi connectivity index (χ2v) is 8.10. The maximum atomic E-state index is 10.9. The first-order valence-corrected chi connectivity index (χ1v) is 11.4. The van der Waals surface area contributed by atoms with Gasteiger partial charge in [0.15, 0.2) is 0 Å². The minimum absolute atomic E-state index is 0. The SMILES string of the molecule is CC(C(=O)O)c1cccc(Oc2ccccc2)c1.CC(C(=O)O)c1cccc(Oc2ccccc2)c1.[Ca+2].[H-].[H-]. The van der Waals surface area contributed by atoms with Crippen molar-refractivity contribution in [2.45, 2.75) is 25.7 Å². The first-order valence-electron chi connectivity index (χ1n) is 11.4. The molecule has 0 aliphatic rings. The third-order valence-electron chi connectivity index (χ3n) is 5.41. The molecule has 2 N–H and O–H groups in total. The zero-order valence-corrected chi connectivity index (χ0v) is 23.0. The minimum Gasteiger partial charge on any atom is -1.00 e. The van der Waals surface area contributed by atoms with Gasteiger partial charge in [0.1, 0.15) is 23.0 Å². The van der Waals surface area contributed by atoms with Crippen molar-refractivity contribution in [3.8, 4) is 23.0 Å². The maximum absolute atomic E-state index is 10.9. The molecule has 2 unspecified atom stereocenters. The van der Waals surface area contributed by atoms with Crippen molar-refractivity contribution in [1.29, 1.82) is 0 Å². The Morgan fingerprint density at radius 2 is 0.892 bits per heavy atom. The molecule has 0 aromatic heterocycles. The fourth-order valence-corrected chi connectivity index (χ4v) is 3.23. The van der Waals surface area contributed by atoms with Crippen LogP contribution in [0.5, 0.6) is 23.0 Å². The van der Waals surface area contributed by atoms with Crippen LogP contribution in [0.2, 0.25) is 0 Å². The quantitative estimate of drug-likeness (QED) is 0.236. The molecule has 7 heteroatoms. The summed E-state index contributed by atoms with van der Waals surface area (Å²) in [6, 6.07) is 33.1. The third-order valence-corrected chi connectivity index (χ3v) is 5.41. The fraction of sp³-hybridized carbons (Fsp3) is 0.133. The van der Waals surface area contributed by atoms with Gasteiger partial charge >= 0.3 is 49.7 Å². The van der Waals surface area contributed by atoms with Crippen LogP contribution in [-0.4, -0.2) is 59.9 Å². The number of aliphatic carboxylic acids is 2. The average molecular weight is 527 g/mol. The van der Waals surface area contributed by atoms with Crippen LogP contribution in [0, 0.1) is 0 Å².